The van der Waals surface area contributed by atoms with Crippen LogP contribution in [0.1, 0.15) is 5.56 Å². The predicted molar refractivity (Wildman–Crippen MR) is 68.2 cm³/mol. The average molecular weight is 244 g/mol. The van der Waals surface area contributed by atoms with Gasteiger partial charge in [0, 0.05) is 16.1 Å². The van der Waals surface area contributed by atoms with Crippen molar-refractivity contribution < 1.29 is 4.74 Å². The molecule has 3 heteroatoms. The van der Waals surface area contributed by atoms with Crippen LogP contribution in [0.2, 0.25) is 5.02 Å². The first-order chi connectivity index (χ1) is 8.26. The number of halogens is 1. The quantitative estimate of drug-likeness (QED) is 0.802. The second kappa shape index (κ2) is 4.90. The summed E-state index contributed by atoms with van der Waals surface area (Å²) in [6.45, 7) is 0. The Morgan fingerprint density at radius 3 is 2.59 bits per heavy atom. The highest BCUT2D eigenvalue weighted by Crippen LogP contribution is 2.33. The molecule has 84 valence electrons. The van der Waals surface area contributed by atoms with Crippen molar-refractivity contribution in [2.24, 2.45) is 0 Å². The number of hydrogen-bond donors (Lipinski definition) is 0. The van der Waals surface area contributed by atoms with E-state index < -0.39 is 0 Å². The third kappa shape index (κ3) is 2.25. The topological polar surface area (TPSA) is 33.0 Å². The number of methoxy groups -OCH3 is 1. The standard InChI is InChI=1S/C14H10ClNO/c1-17-14-5-3-2-4-12(14)13-8-11(15)7-6-10(13)9-16/h2-8H,1H3. The molecule has 0 bridgehead atoms. The molecule has 0 heterocycles. The van der Waals surface area contributed by atoms with E-state index in [-0.39, 0.29) is 0 Å². The SMILES string of the molecule is COc1ccccc1-c1cc(Cl)ccc1C#N. The van der Waals surface area contributed by atoms with Gasteiger partial charge in [-0.15, -0.1) is 0 Å². The van der Waals surface area contributed by atoms with E-state index in [1.54, 1.807) is 25.3 Å². The normalized spacial score (nSPS) is 9.71. The van der Waals surface area contributed by atoms with Crippen LogP contribution in [0.25, 0.3) is 11.1 Å². The summed E-state index contributed by atoms with van der Waals surface area (Å²) >= 11 is 5.97. The van der Waals surface area contributed by atoms with Gasteiger partial charge in [-0.1, -0.05) is 29.8 Å². The molecule has 2 nitrogen and oxygen atoms in total. The van der Waals surface area contributed by atoms with E-state index in [0.29, 0.717) is 10.6 Å². The second-order valence-corrected chi connectivity index (χ2v) is 3.94. The minimum Gasteiger partial charge on any atom is -0.496 e. The molecular formula is C14H10ClNO. The van der Waals surface area contributed by atoms with E-state index in [9.17, 15) is 0 Å². The van der Waals surface area contributed by atoms with Crippen LogP contribution in [0.4, 0.5) is 0 Å². The van der Waals surface area contributed by atoms with Gasteiger partial charge in [0.05, 0.1) is 18.7 Å². The summed E-state index contributed by atoms with van der Waals surface area (Å²) in [5.74, 6) is 0.728. The molecule has 0 saturated heterocycles. The third-order valence-electron chi connectivity index (χ3n) is 2.50. The Hall–Kier alpha value is -1.98. The lowest BCUT2D eigenvalue weighted by Crippen LogP contribution is -1.90. The summed E-state index contributed by atoms with van der Waals surface area (Å²) in [6.07, 6.45) is 0. The van der Waals surface area contributed by atoms with Gasteiger partial charge in [0.15, 0.2) is 0 Å². The van der Waals surface area contributed by atoms with Crippen LogP contribution >= 0.6 is 11.6 Å². The van der Waals surface area contributed by atoms with Crippen molar-refractivity contribution >= 4 is 11.6 Å². The first-order valence-corrected chi connectivity index (χ1v) is 5.47. The molecule has 0 aromatic heterocycles. The molecule has 0 N–H and O–H groups in total. The number of ether oxygens (including phenoxy) is 1. The molecule has 0 aliphatic carbocycles. The van der Waals surface area contributed by atoms with Crippen LogP contribution in [0.3, 0.4) is 0 Å². The zero-order valence-electron chi connectivity index (χ0n) is 9.27. The van der Waals surface area contributed by atoms with Gasteiger partial charge < -0.3 is 4.74 Å². The van der Waals surface area contributed by atoms with E-state index in [0.717, 1.165) is 16.9 Å². The fraction of sp³-hybridized carbons (Fsp3) is 0.0714. The average Bonchev–Trinajstić information content (AvgIpc) is 2.38. The summed E-state index contributed by atoms with van der Waals surface area (Å²) in [4.78, 5) is 0. The van der Waals surface area contributed by atoms with Gasteiger partial charge in [-0.25, -0.2) is 0 Å². The molecule has 0 saturated carbocycles. The van der Waals surface area contributed by atoms with Crippen molar-refractivity contribution in [2.75, 3.05) is 7.11 Å². The van der Waals surface area contributed by atoms with Crippen molar-refractivity contribution in [3.8, 4) is 22.9 Å². The lowest BCUT2D eigenvalue weighted by molar-refractivity contribution is 0.416. The highest BCUT2D eigenvalue weighted by atomic mass is 35.5. The van der Waals surface area contributed by atoms with Gasteiger partial charge in [0.2, 0.25) is 0 Å². The predicted octanol–water partition coefficient (Wildman–Crippen LogP) is 3.89. The Morgan fingerprint density at radius 1 is 1.12 bits per heavy atom. The van der Waals surface area contributed by atoms with Gasteiger partial charge in [-0.05, 0) is 24.3 Å². The van der Waals surface area contributed by atoms with Gasteiger partial charge in [-0.3, -0.25) is 0 Å². The van der Waals surface area contributed by atoms with Crippen LogP contribution in [-0.4, -0.2) is 7.11 Å². The Bertz CT molecular complexity index is 587. The molecular weight excluding hydrogens is 234 g/mol. The number of benzene rings is 2. The van der Waals surface area contributed by atoms with Crippen molar-refractivity contribution in [3.63, 3.8) is 0 Å². The first kappa shape index (κ1) is 11.5. The molecule has 0 aliphatic rings. The monoisotopic (exact) mass is 243 g/mol. The van der Waals surface area contributed by atoms with E-state index in [1.165, 1.54) is 0 Å². The van der Waals surface area contributed by atoms with E-state index in [2.05, 4.69) is 6.07 Å². The van der Waals surface area contributed by atoms with E-state index in [1.807, 2.05) is 24.3 Å². The molecule has 0 spiro atoms. The zero-order valence-corrected chi connectivity index (χ0v) is 10.0. The van der Waals surface area contributed by atoms with Crippen LogP contribution in [-0.2, 0) is 0 Å². The summed E-state index contributed by atoms with van der Waals surface area (Å²) in [5, 5.41) is 9.70. The largest absolute Gasteiger partial charge is 0.496 e. The molecule has 2 aromatic rings. The van der Waals surface area contributed by atoms with Crippen molar-refractivity contribution in [2.45, 2.75) is 0 Å². The molecule has 0 atom stereocenters. The maximum absolute atomic E-state index is 9.10. The van der Waals surface area contributed by atoms with Crippen molar-refractivity contribution in [1.82, 2.24) is 0 Å². The van der Waals surface area contributed by atoms with Gasteiger partial charge in [0.1, 0.15) is 5.75 Å². The summed E-state index contributed by atoms with van der Waals surface area (Å²) < 4.78 is 5.29. The van der Waals surface area contributed by atoms with Crippen LogP contribution < -0.4 is 4.74 Å². The number of hydrogen-bond acceptors (Lipinski definition) is 2. The number of nitriles is 1. The molecule has 0 amide bonds. The lowest BCUT2D eigenvalue weighted by atomic mass is 9.99. The minimum absolute atomic E-state index is 0.582. The van der Waals surface area contributed by atoms with Crippen molar-refractivity contribution in [3.05, 3.63) is 53.1 Å². The number of nitrogens with zero attached hydrogens (tertiary/aromatic N) is 1. The lowest BCUT2D eigenvalue weighted by Gasteiger charge is -2.09. The maximum Gasteiger partial charge on any atom is 0.126 e. The summed E-state index contributed by atoms with van der Waals surface area (Å²) in [6, 6.07) is 14.9. The first-order valence-electron chi connectivity index (χ1n) is 5.09. The van der Waals surface area contributed by atoms with Crippen molar-refractivity contribution in [1.29, 1.82) is 5.26 Å². The number of rotatable bonds is 2. The van der Waals surface area contributed by atoms with Gasteiger partial charge in [-0.2, -0.15) is 5.26 Å². The molecule has 2 rings (SSSR count). The molecule has 2 aromatic carbocycles. The smallest absolute Gasteiger partial charge is 0.126 e. The fourth-order valence-electron chi connectivity index (χ4n) is 1.70. The minimum atomic E-state index is 0.582. The van der Waals surface area contributed by atoms with Gasteiger partial charge in [0.25, 0.3) is 0 Å². The second-order valence-electron chi connectivity index (χ2n) is 3.50. The number of para-hydroxylation sites is 1. The Labute approximate surface area is 105 Å². The summed E-state index contributed by atoms with van der Waals surface area (Å²) in [5.41, 5.74) is 2.24. The Kier molecular flexibility index (Phi) is 3.32. The highest BCUT2D eigenvalue weighted by Gasteiger charge is 2.10. The third-order valence-corrected chi connectivity index (χ3v) is 2.73. The molecule has 0 radical (unpaired) electrons. The van der Waals surface area contributed by atoms with Gasteiger partial charge >= 0.3 is 0 Å². The highest BCUT2D eigenvalue weighted by molar-refractivity contribution is 6.31. The summed E-state index contributed by atoms with van der Waals surface area (Å²) in [7, 11) is 1.61. The fourth-order valence-corrected chi connectivity index (χ4v) is 1.88. The molecule has 0 unspecified atom stereocenters. The Morgan fingerprint density at radius 2 is 1.88 bits per heavy atom. The Balaban J connectivity index is 2.68. The van der Waals surface area contributed by atoms with Crippen LogP contribution in [0.15, 0.2) is 42.5 Å². The molecule has 0 fully saturated rings. The van der Waals surface area contributed by atoms with Crippen LogP contribution in [0, 0.1) is 11.3 Å². The zero-order chi connectivity index (χ0) is 12.3. The van der Waals surface area contributed by atoms with E-state index >= 15 is 0 Å². The maximum atomic E-state index is 9.10. The molecule has 17 heavy (non-hydrogen) atoms. The molecule has 0 aliphatic heterocycles. The van der Waals surface area contributed by atoms with E-state index in [4.69, 9.17) is 21.6 Å². The van der Waals surface area contributed by atoms with Crippen LogP contribution in [0.5, 0.6) is 5.75 Å².